The number of nitrogens with two attached hydrogens (primary N) is 1. The van der Waals surface area contributed by atoms with Gasteiger partial charge in [-0.15, -0.1) is 0 Å². The molecule has 14 heavy (non-hydrogen) atoms. The second kappa shape index (κ2) is 3.42. The Hall–Kier alpha value is -1.35. The maximum absolute atomic E-state index is 5.58. The lowest BCUT2D eigenvalue weighted by atomic mass is 10.1. The summed E-state index contributed by atoms with van der Waals surface area (Å²) in [5, 5.41) is 1.11. The smallest absolute Gasteiger partial charge is 0.137 e. The predicted molar refractivity (Wildman–Crippen MR) is 61.4 cm³/mol. The van der Waals surface area contributed by atoms with Crippen LogP contribution < -0.4 is 5.73 Å². The Morgan fingerprint density at radius 1 is 1.50 bits per heavy atom. The van der Waals surface area contributed by atoms with Crippen LogP contribution in [0.3, 0.4) is 0 Å². The average molecular weight is 205 g/mol. The third kappa shape index (κ3) is 1.63. The molecule has 1 aromatic carbocycles. The molecule has 0 amide bonds. The van der Waals surface area contributed by atoms with E-state index in [-0.39, 0.29) is 0 Å². The highest BCUT2D eigenvalue weighted by Gasteiger charge is 2.06. The number of hydrogen-bond acceptors (Lipinski definition) is 2. The van der Waals surface area contributed by atoms with Crippen molar-refractivity contribution in [3.8, 4) is 0 Å². The zero-order valence-electron chi connectivity index (χ0n) is 7.91. The van der Waals surface area contributed by atoms with Gasteiger partial charge in [-0.25, -0.2) is 0 Å². The first-order valence-corrected chi connectivity index (χ1v) is 4.84. The maximum atomic E-state index is 5.58. The van der Waals surface area contributed by atoms with E-state index in [2.05, 4.69) is 0 Å². The van der Waals surface area contributed by atoms with Crippen LogP contribution in [0.4, 0.5) is 0 Å². The van der Waals surface area contributed by atoms with Gasteiger partial charge < -0.3 is 10.2 Å². The molecule has 2 aromatic rings. The molecular weight excluding hydrogens is 194 g/mol. The minimum Gasteiger partial charge on any atom is -0.461 e. The van der Waals surface area contributed by atoms with Crippen molar-refractivity contribution in [1.29, 1.82) is 0 Å². The van der Waals surface area contributed by atoms with Crippen molar-refractivity contribution < 1.29 is 4.42 Å². The fraction of sp³-hybridized carbons (Fsp3) is 0.182. The number of hydrogen-bond donors (Lipinski definition) is 1. The van der Waals surface area contributed by atoms with E-state index in [4.69, 9.17) is 22.4 Å². The Morgan fingerprint density at radius 3 is 3.00 bits per heavy atom. The van der Waals surface area contributed by atoms with Crippen molar-refractivity contribution in [3.63, 3.8) is 0 Å². The minimum absolute atomic E-state index is 0.492. The standard InChI is InChI=1S/C11H11NOS/c1-7-5-8-3-2-4-9(6-10(12)14)11(8)13-7/h2-5H,6H2,1H3,(H2,12,14). The Kier molecular flexibility index (Phi) is 2.25. The van der Waals surface area contributed by atoms with Crippen LogP contribution in [-0.4, -0.2) is 4.99 Å². The Bertz CT molecular complexity index is 487. The largest absolute Gasteiger partial charge is 0.461 e. The quantitative estimate of drug-likeness (QED) is 0.766. The fourth-order valence-corrected chi connectivity index (χ4v) is 1.73. The Morgan fingerprint density at radius 2 is 2.29 bits per heavy atom. The van der Waals surface area contributed by atoms with E-state index in [1.54, 1.807) is 0 Å². The molecule has 0 fully saturated rings. The monoisotopic (exact) mass is 205 g/mol. The molecule has 2 nitrogen and oxygen atoms in total. The van der Waals surface area contributed by atoms with Gasteiger partial charge in [0.15, 0.2) is 0 Å². The van der Waals surface area contributed by atoms with Gasteiger partial charge >= 0.3 is 0 Å². The number of fused-ring (bicyclic) bond motifs is 1. The first kappa shape index (κ1) is 9.21. The third-order valence-electron chi connectivity index (χ3n) is 2.11. The third-order valence-corrected chi connectivity index (χ3v) is 2.26. The average Bonchev–Trinajstić information content (AvgIpc) is 2.45. The first-order chi connectivity index (χ1) is 6.66. The number of para-hydroxylation sites is 1. The van der Waals surface area contributed by atoms with E-state index in [1.165, 1.54) is 0 Å². The van der Waals surface area contributed by atoms with E-state index in [0.29, 0.717) is 11.4 Å². The number of benzene rings is 1. The van der Waals surface area contributed by atoms with E-state index in [1.807, 2.05) is 31.2 Å². The highest BCUT2D eigenvalue weighted by atomic mass is 32.1. The van der Waals surface area contributed by atoms with Crippen LogP contribution in [0.1, 0.15) is 11.3 Å². The second-order valence-corrected chi connectivity index (χ2v) is 3.86. The summed E-state index contributed by atoms with van der Waals surface area (Å²) in [7, 11) is 0. The summed E-state index contributed by atoms with van der Waals surface area (Å²) < 4.78 is 5.58. The number of rotatable bonds is 2. The Balaban J connectivity index is 2.58. The van der Waals surface area contributed by atoms with Gasteiger partial charge in [0.1, 0.15) is 11.3 Å². The number of thiocarbonyl (C=S) groups is 1. The van der Waals surface area contributed by atoms with Crippen molar-refractivity contribution in [1.82, 2.24) is 0 Å². The SMILES string of the molecule is Cc1cc2cccc(CC(N)=S)c2o1. The van der Waals surface area contributed by atoms with E-state index < -0.39 is 0 Å². The minimum atomic E-state index is 0.492. The molecule has 72 valence electrons. The van der Waals surface area contributed by atoms with Gasteiger partial charge in [-0.2, -0.15) is 0 Å². The zero-order chi connectivity index (χ0) is 10.1. The van der Waals surface area contributed by atoms with Crippen LogP contribution in [0.5, 0.6) is 0 Å². The molecule has 0 spiro atoms. The topological polar surface area (TPSA) is 39.2 Å². The molecule has 0 aliphatic rings. The number of aryl methyl sites for hydroxylation is 1. The molecule has 0 unspecified atom stereocenters. The summed E-state index contributed by atoms with van der Waals surface area (Å²) in [4.78, 5) is 0.492. The molecule has 1 aromatic heterocycles. The van der Waals surface area contributed by atoms with Crippen LogP contribution >= 0.6 is 12.2 Å². The lowest BCUT2D eigenvalue weighted by Crippen LogP contribution is -2.10. The van der Waals surface area contributed by atoms with Crippen molar-refractivity contribution in [2.75, 3.05) is 0 Å². The van der Waals surface area contributed by atoms with Crippen LogP contribution in [-0.2, 0) is 6.42 Å². The van der Waals surface area contributed by atoms with Crippen molar-refractivity contribution in [2.45, 2.75) is 13.3 Å². The normalized spacial score (nSPS) is 10.6. The van der Waals surface area contributed by atoms with Gasteiger partial charge in [0.2, 0.25) is 0 Å². The summed E-state index contributed by atoms with van der Waals surface area (Å²) in [5.41, 5.74) is 7.47. The molecule has 1 heterocycles. The van der Waals surface area contributed by atoms with Gasteiger partial charge in [-0.05, 0) is 13.0 Å². The van der Waals surface area contributed by atoms with Gasteiger partial charge in [-0.1, -0.05) is 30.4 Å². The highest BCUT2D eigenvalue weighted by Crippen LogP contribution is 2.22. The van der Waals surface area contributed by atoms with Gasteiger partial charge in [0.05, 0.1) is 4.99 Å². The summed E-state index contributed by atoms with van der Waals surface area (Å²) in [5.74, 6) is 0.912. The Labute approximate surface area is 87.7 Å². The molecule has 0 bridgehead atoms. The van der Waals surface area contributed by atoms with Crippen molar-refractivity contribution in [2.24, 2.45) is 5.73 Å². The molecule has 3 heteroatoms. The molecule has 2 rings (SSSR count). The molecule has 0 saturated carbocycles. The summed E-state index contributed by atoms with van der Waals surface area (Å²) in [6.07, 6.45) is 0.597. The molecule has 0 radical (unpaired) electrons. The van der Waals surface area contributed by atoms with E-state index >= 15 is 0 Å². The van der Waals surface area contributed by atoms with Gasteiger partial charge in [0.25, 0.3) is 0 Å². The molecule has 0 saturated heterocycles. The van der Waals surface area contributed by atoms with Crippen LogP contribution in [0, 0.1) is 6.92 Å². The van der Waals surface area contributed by atoms with Crippen LogP contribution in [0.25, 0.3) is 11.0 Å². The lowest BCUT2D eigenvalue weighted by molar-refractivity contribution is 0.576. The molecular formula is C11H11NOS. The van der Waals surface area contributed by atoms with Gasteiger partial charge in [-0.3, -0.25) is 0 Å². The second-order valence-electron chi connectivity index (χ2n) is 3.34. The summed E-state index contributed by atoms with van der Waals surface area (Å²) in [6.45, 7) is 1.94. The highest BCUT2D eigenvalue weighted by molar-refractivity contribution is 7.80. The summed E-state index contributed by atoms with van der Waals surface area (Å²) >= 11 is 4.88. The van der Waals surface area contributed by atoms with Gasteiger partial charge in [0, 0.05) is 17.4 Å². The lowest BCUT2D eigenvalue weighted by Gasteiger charge is -1.99. The number of furan rings is 1. The van der Waals surface area contributed by atoms with E-state index in [0.717, 1.165) is 22.3 Å². The van der Waals surface area contributed by atoms with Crippen LogP contribution in [0.15, 0.2) is 28.7 Å². The molecule has 0 aliphatic carbocycles. The predicted octanol–water partition coefficient (Wildman–Crippen LogP) is 2.57. The first-order valence-electron chi connectivity index (χ1n) is 4.43. The van der Waals surface area contributed by atoms with Crippen LogP contribution in [0.2, 0.25) is 0 Å². The fourth-order valence-electron chi connectivity index (χ4n) is 1.58. The zero-order valence-corrected chi connectivity index (χ0v) is 8.73. The van der Waals surface area contributed by atoms with Crippen molar-refractivity contribution in [3.05, 3.63) is 35.6 Å². The molecule has 0 aliphatic heterocycles. The maximum Gasteiger partial charge on any atom is 0.137 e. The molecule has 2 N–H and O–H groups in total. The molecule has 0 atom stereocenters. The summed E-state index contributed by atoms with van der Waals surface area (Å²) in [6, 6.07) is 8.02. The van der Waals surface area contributed by atoms with E-state index in [9.17, 15) is 0 Å². The van der Waals surface area contributed by atoms with Crippen molar-refractivity contribution >= 4 is 28.2 Å².